The molecule has 1 heteroatoms. The molecule has 0 amide bonds. The SMILES string of the molecule is C=C=CC(C)=CC(=C)c1cccc2c1oc1ccccc12. The van der Waals surface area contributed by atoms with Crippen molar-refractivity contribution in [1.82, 2.24) is 0 Å². The van der Waals surface area contributed by atoms with Gasteiger partial charge in [-0.15, -0.1) is 5.73 Å². The Bertz CT molecular complexity index is 915. The van der Waals surface area contributed by atoms with Gasteiger partial charge in [0.1, 0.15) is 11.2 Å². The van der Waals surface area contributed by atoms with Crippen LogP contribution in [0, 0.1) is 0 Å². The second kappa shape index (κ2) is 5.32. The van der Waals surface area contributed by atoms with Gasteiger partial charge < -0.3 is 4.42 Å². The summed E-state index contributed by atoms with van der Waals surface area (Å²) < 4.78 is 6.02. The molecule has 3 aromatic rings. The van der Waals surface area contributed by atoms with Gasteiger partial charge in [-0.3, -0.25) is 0 Å². The molecule has 0 N–H and O–H groups in total. The summed E-state index contributed by atoms with van der Waals surface area (Å²) in [4.78, 5) is 0. The number of fused-ring (bicyclic) bond motifs is 3. The Morgan fingerprint density at radius 3 is 2.67 bits per heavy atom. The Labute approximate surface area is 124 Å². The fourth-order valence-electron chi connectivity index (χ4n) is 2.56. The lowest BCUT2D eigenvalue weighted by molar-refractivity contribution is 0.668. The Hall–Kier alpha value is -2.76. The van der Waals surface area contributed by atoms with Gasteiger partial charge in [0.05, 0.1) is 0 Å². The summed E-state index contributed by atoms with van der Waals surface area (Å²) in [6, 6.07) is 14.2. The van der Waals surface area contributed by atoms with Crippen molar-refractivity contribution in [2.45, 2.75) is 6.92 Å². The minimum Gasteiger partial charge on any atom is -0.455 e. The molecule has 0 bridgehead atoms. The Kier molecular flexibility index (Phi) is 3.35. The summed E-state index contributed by atoms with van der Waals surface area (Å²) in [6.07, 6.45) is 3.85. The molecule has 0 aliphatic heterocycles. The van der Waals surface area contributed by atoms with Crippen LogP contribution >= 0.6 is 0 Å². The maximum Gasteiger partial charge on any atom is 0.143 e. The molecule has 1 heterocycles. The van der Waals surface area contributed by atoms with E-state index in [1.165, 1.54) is 0 Å². The van der Waals surface area contributed by atoms with E-state index in [1.807, 2.05) is 49.4 Å². The van der Waals surface area contributed by atoms with E-state index >= 15 is 0 Å². The van der Waals surface area contributed by atoms with Crippen LogP contribution in [0.15, 0.2) is 83.5 Å². The molecular weight excluding hydrogens is 256 g/mol. The van der Waals surface area contributed by atoms with E-state index < -0.39 is 0 Å². The van der Waals surface area contributed by atoms with Crippen LogP contribution < -0.4 is 0 Å². The Morgan fingerprint density at radius 1 is 1.10 bits per heavy atom. The van der Waals surface area contributed by atoms with Gasteiger partial charge in [-0.2, -0.15) is 0 Å². The van der Waals surface area contributed by atoms with Crippen molar-refractivity contribution in [3.05, 3.63) is 84.6 Å². The first-order valence-corrected chi connectivity index (χ1v) is 6.84. The molecule has 0 aliphatic rings. The zero-order valence-electron chi connectivity index (χ0n) is 12.0. The lowest BCUT2D eigenvalue weighted by atomic mass is 10.0. The highest BCUT2D eigenvalue weighted by Crippen LogP contribution is 2.33. The summed E-state index contributed by atoms with van der Waals surface area (Å²) in [5.74, 6) is 0. The maximum absolute atomic E-state index is 6.02. The molecule has 0 saturated heterocycles. The second-order valence-electron chi connectivity index (χ2n) is 5.04. The third kappa shape index (κ3) is 2.35. The van der Waals surface area contributed by atoms with Crippen LogP contribution in [0.3, 0.4) is 0 Å². The normalized spacial score (nSPS) is 11.6. The fraction of sp³-hybridized carbons (Fsp3) is 0.0500. The molecule has 0 unspecified atom stereocenters. The highest BCUT2D eigenvalue weighted by atomic mass is 16.3. The van der Waals surface area contributed by atoms with Gasteiger partial charge in [0, 0.05) is 16.3 Å². The molecule has 0 spiro atoms. The standard InChI is InChI=1S/C20H16O/c1-4-8-14(2)13-15(3)16-10-7-11-18-17-9-5-6-12-19(17)21-20(16)18/h5-13H,1,3H2,2H3. The van der Waals surface area contributed by atoms with Crippen molar-refractivity contribution in [1.29, 1.82) is 0 Å². The first-order valence-electron chi connectivity index (χ1n) is 6.84. The average molecular weight is 272 g/mol. The molecule has 102 valence electrons. The first-order chi connectivity index (χ1) is 10.2. The highest BCUT2D eigenvalue weighted by molar-refractivity contribution is 6.08. The van der Waals surface area contributed by atoms with Gasteiger partial charge in [-0.1, -0.05) is 55.6 Å². The van der Waals surface area contributed by atoms with E-state index in [-0.39, 0.29) is 0 Å². The predicted octanol–water partition coefficient (Wildman–Crippen LogP) is 5.89. The van der Waals surface area contributed by atoms with E-state index in [1.54, 1.807) is 0 Å². The van der Waals surface area contributed by atoms with Gasteiger partial charge in [0.15, 0.2) is 0 Å². The van der Waals surface area contributed by atoms with Gasteiger partial charge >= 0.3 is 0 Å². The van der Waals surface area contributed by atoms with Crippen molar-refractivity contribution >= 4 is 27.5 Å². The monoisotopic (exact) mass is 272 g/mol. The number of allylic oxidation sites excluding steroid dienone is 4. The fourth-order valence-corrected chi connectivity index (χ4v) is 2.56. The smallest absolute Gasteiger partial charge is 0.143 e. The third-order valence-electron chi connectivity index (χ3n) is 3.48. The van der Waals surface area contributed by atoms with Crippen LogP contribution in [0.2, 0.25) is 0 Å². The van der Waals surface area contributed by atoms with Gasteiger partial charge in [-0.05, 0) is 30.2 Å². The van der Waals surface area contributed by atoms with Crippen LogP contribution in [0.1, 0.15) is 12.5 Å². The molecule has 1 nitrogen and oxygen atoms in total. The van der Waals surface area contributed by atoms with E-state index in [0.29, 0.717) is 0 Å². The number of para-hydroxylation sites is 2. The Morgan fingerprint density at radius 2 is 1.86 bits per heavy atom. The number of hydrogen-bond acceptors (Lipinski definition) is 1. The highest BCUT2D eigenvalue weighted by Gasteiger charge is 2.11. The number of rotatable bonds is 3. The van der Waals surface area contributed by atoms with Crippen molar-refractivity contribution in [2.24, 2.45) is 0 Å². The van der Waals surface area contributed by atoms with Crippen molar-refractivity contribution in [3.63, 3.8) is 0 Å². The van der Waals surface area contributed by atoms with Crippen LogP contribution in [-0.4, -0.2) is 0 Å². The zero-order chi connectivity index (χ0) is 14.8. The summed E-state index contributed by atoms with van der Waals surface area (Å²) in [5, 5.41) is 2.25. The van der Waals surface area contributed by atoms with Gasteiger partial charge in [-0.25, -0.2) is 0 Å². The molecule has 0 radical (unpaired) electrons. The predicted molar refractivity (Wildman–Crippen MR) is 90.2 cm³/mol. The first kappa shape index (κ1) is 13.2. The lowest BCUT2D eigenvalue weighted by Gasteiger charge is -2.02. The quantitative estimate of drug-likeness (QED) is 0.428. The molecule has 0 aliphatic carbocycles. The molecule has 0 saturated carbocycles. The van der Waals surface area contributed by atoms with E-state index in [0.717, 1.165) is 38.6 Å². The zero-order valence-corrected chi connectivity index (χ0v) is 12.0. The number of hydrogen-bond donors (Lipinski definition) is 0. The lowest BCUT2D eigenvalue weighted by Crippen LogP contribution is -1.81. The molecule has 0 fully saturated rings. The summed E-state index contributed by atoms with van der Waals surface area (Å²) in [6.45, 7) is 9.75. The minimum atomic E-state index is 0.885. The molecule has 2 aromatic carbocycles. The molecular formula is C20H16O. The third-order valence-corrected chi connectivity index (χ3v) is 3.48. The second-order valence-corrected chi connectivity index (χ2v) is 5.04. The van der Waals surface area contributed by atoms with Gasteiger partial charge in [0.25, 0.3) is 0 Å². The molecule has 21 heavy (non-hydrogen) atoms. The molecule has 3 rings (SSSR count). The van der Waals surface area contributed by atoms with E-state index in [4.69, 9.17) is 4.42 Å². The summed E-state index contributed by atoms with van der Waals surface area (Å²) >= 11 is 0. The van der Waals surface area contributed by atoms with Crippen LogP contribution in [0.25, 0.3) is 27.5 Å². The van der Waals surface area contributed by atoms with Crippen LogP contribution in [-0.2, 0) is 0 Å². The average Bonchev–Trinajstić information content (AvgIpc) is 2.85. The molecule has 1 aromatic heterocycles. The number of furan rings is 1. The summed E-state index contributed by atoms with van der Waals surface area (Å²) in [7, 11) is 0. The maximum atomic E-state index is 6.02. The van der Waals surface area contributed by atoms with Crippen molar-refractivity contribution in [2.75, 3.05) is 0 Å². The van der Waals surface area contributed by atoms with E-state index in [9.17, 15) is 0 Å². The van der Waals surface area contributed by atoms with Crippen molar-refractivity contribution < 1.29 is 4.42 Å². The topological polar surface area (TPSA) is 13.1 Å². The van der Waals surface area contributed by atoms with E-state index in [2.05, 4.69) is 31.0 Å². The largest absolute Gasteiger partial charge is 0.455 e. The summed E-state index contributed by atoms with van der Waals surface area (Å²) in [5.41, 5.74) is 7.55. The van der Waals surface area contributed by atoms with Crippen LogP contribution in [0.4, 0.5) is 0 Å². The minimum absolute atomic E-state index is 0.885. The Balaban J connectivity index is 2.22. The van der Waals surface area contributed by atoms with Crippen molar-refractivity contribution in [3.8, 4) is 0 Å². The number of benzene rings is 2. The van der Waals surface area contributed by atoms with Crippen LogP contribution in [0.5, 0.6) is 0 Å². The van der Waals surface area contributed by atoms with Gasteiger partial charge in [0.2, 0.25) is 0 Å². The molecule has 0 atom stereocenters.